The molecule has 2 aromatic rings. The van der Waals surface area contributed by atoms with Crippen LogP contribution in [0.3, 0.4) is 0 Å². The van der Waals surface area contributed by atoms with Gasteiger partial charge in [0, 0.05) is 11.8 Å². The van der Waals surface area contributed by atoms with E-state index in [0.29, 0.717) is 23.6 Å². The molecule has 2 aromatic carbocycles. The number of fused-ring (bicyclic) bond motifs is 2. The summed E-state index contributed by atoms with van der Waals surface area (Å²) in [6, 6.07) is 10.9. The molecule has 0 aromatic heterocycles. The number of nitrogens with one attached hydrogen (secondary N) is 1. The number of methoxy groups -OCH3 is 1. The van der Waals surface area contributed by atoms with Gasteiger partial charge in [-0.05, 0) is 48.7 Å². The summed E-state index contributed by atoms with van der Waals surface area (Å²) in [5.74, 6) is 2.65. The maximum absolute atomic E-state index is 12.4. The highest BCUT2D eigenvalue weighted by Crippen LogP contribution is 2.40. The largest absolute Gasteiger partial charge is 0.497 e. The Kier molecular flexibility index (Phi) is 3.65. The number of benzene rings is 2. The molecule has 2 aliphatic rings. The number of ether oxygens (including phenoxy) is 4. The van der Waals surface area contributed by atoms with E-state index in [1.54, 1.807) is 37.4 Å². The van der Waals surface area contributed by atoms with Gasteiger partial charge in [0.05, 0.1) is 7.11 Å². The van der Waals surface area contributed by atoms with Crippen LogP contribution in [-0.4, -0.2) is 25.9 Å². The smallest absolute Gasteiger partial charge is 0.265 e. The number of amides is 1. The van der Waals surface area contributed by atoms with E-state index in [-0.39, 0.29) is 12.7 Å². The van der Waals surface area contributed by atoms with Crippen molar-refractivity contribution >= 4 is 11.6 Å². The fourth-order valence-corrected chi connectivity index (χ4v) is 2.85. The number of rotatable bonds is 3. The Hall–Kier alpha value is -2.89. The molecule has 0 saturated carbocycles. The predicted molar refractivity (Wildman–Crippen MR) is 86.9 cm³/mol. The highest BCUT2D eigenvalue weighted by atomic mass is 16.7. The second kappa shape index (κ2) is 5.96. The topological polar surface area (TPSA) is 66.0 Å². The van der Waals surface area contributed by atoms with Crippen LogP contribution in [-0.2, 0) is 11.2 Å². The van der Waals surface area contributed by atoms with Crippen LogP contribution in [0.2, 0.25) is 0 Å². The van der Waals surface area contributed by atoms with Crippen molar-refractivity contribution in [1.82, 2.24) is 0 Å². The Morgan fingerprint density at radius 3 is 2.62 bits per heavy atom. The Bertz CT molecular complexity index is 772. The van der Waals surface area contributed by atoms with Gasteiger partial charge in [0.1, 0.15) is 11.5 Å². The minimum Gasteiger partial charge on any atom is -0.497 e. The minimum atomic E-state index is -0.528. The van der Waals surface area contributed by atoms with Gasteiger partial charge in [0.15, 0.2) is 17.6 Å². The SMILES string of the molecule is COc1ccc(NC(=O)C2CCc3cc4c(cc3O2)OCO4)cc1. The standard InChI is InChI=1S/C18H17NO5/c1-21-13-5-3-12(4-6-13)19-18(20)14-7-2-11-8-16-17(23-10-22-16)9-15(11)24-14/h3-6,8-9,14H,2,7,10H2,1H3,(H,19,20). The second-order valence-corrected chi connectivity index (χ2v) is 5.68. The molecule has 24 heavy (non-hydrogen) atoms. The molecule has 1 atom stereocenters. The highest BCUT2D eigenvalue weighted by molar-refractivity contribution is 5.94. The molecular weight excluding hydrogens is 310 g/mol. The number of aryl methyl sites for hydroxylation is 1. The molecule has 2 heterocycles. The minimum absolute atomic E-state index is 0.163. The van der Waals surface area contributed by atoms with Crippen molar-refractivity contribution in [2.45, 2.75) is 18.9 Å². The molecule has 2 aliphatic heterocycles. The molecule has 1 N–H and O–H groups in total. The van der Waals surface area contributed by atoms with Gasteiger partial charge < -0.3 is 24.3 Å². The van der Waals surface area contributed by atoms with Gasteiger partial charge in [-0.1, -0.05) is 0 Å². The van der Waals surface area contributed by atoms with E-state index in [9.17, 15) is 4.79 Å². The summed E-state index contributed by atoms with van der Waals surface area (Å²) in [6.07, 6.45) is 0.848. The molecule has 4 rings (SSSR count). The number of hydrogen-bond donors (Lipinski definition) is 1. The fourth-order valence-electron chi connectivity index (χ4n) is 2.85. The van der Waals surface area contributed by atoms with Crippen molar-refractivity contribution in [2.75, 3.05) is 19.2 Å². The number of carbonyl (C=O) groups excluding carboxylic acids is 1. The van der Waals surface area contributed by atoms with Gasteiger partial charge in [-0.2, -0.15) is 0 Å². The molecule has 0 saturated heterocycles. The molecule has 1 amide bonds. The van der Waals surface area contributed by atoms with Crippen LogP contribution < -0.4 is 24.3 Å². The quantitative estimate of drug-likeness (QED) is 0.939. The van der Waals surface area contributed by atoms with Crippen LogP contribution in [0.15, 0.2) is 36.4 Å². The average molecular weight is 327 g/mol. The molecule has 6 heteroatoms. The fraction of sp³-hybridized carbons (Fsp3) is 0.278. The van der Waals surface area contributed by atoms with E-state index in [0.717, 1.165) is 23.5 Å². The van der Waals surface area contributed by atoms with Crippen molar-refractivity contribution in [1.29, 1.82) is 0 Å². The first-order valence-corrected chi connectivity index (χ1v) is 7.77. The zero-order valence-corrected chi connectivity index (χ0v) is 13.2. The van der Waals surface area contributed by atoms with Crippen molar-refractivity contribution in [3.63, 3.8) is 0 Å². The van der Waals surface area contributed by atoms with Crippen molar-refractivity contribution < 1.29 is 23.7 Å². The second-order valence-electron chi connectivity index (χ2n) is 5.68. The summed E-state index contributed by atoms with van der Waals surface area (Å²) in [6.45, 7) is 0.222. The lowest BCUT2D eigenvalue weighted by Gasteiger charge is -2.25. The van der Waals surface area contributed by atoms with Crippen molar-refractivity contribution in [2.24, 2.45) is 0 Å². The average Bonchev–Trinajstić information content (AvgIpc) is 3.07. The molecule has 1 unspecified atom stereocenters. The molecule has 0 radical (unpaired) electrons. The maximum atomic E-state index is 12.4. The van der Waals surface area contributed by atoms with E-state index < -0.39 is 6.10 Å². The third-order valence-electron chi connectivity index (χ3n) is 4.15. The van der Waals surface area contributed by atoms with Crippen molar-refractivity contribution in [3.8, 4) is 23.0 Å². The lowest BCUT2D eigenvalue weighted by molar-refractivity contribution is -0.123. The van der Waals surface area contributed by atoms with Crippen LogP contribution in [0.4, 0.5) is 5.69 Å². The van der Waals surface area contributed by atoms with Gasteiger partial charge in [-0.3, -0.25) is 4.79 Å². The monoisotopic (exact) mass is 327 g/mol. The summed E-state index contributed by atoms with van der Waals surface area (Å²) in [5.41, 5.74) is 1.74. The van der Waals surface area contributed by atoms with Crippen LogP contribution in [0.1, 0.15) is 12.0 Å². The van der Waals surface area contributed by atoms with Gasteiger partial charge >= 0.3 is 0 Å². The number of anilines is 1. The summed E-state index contributed by atoms with van der Waals surface area (Å²) in [4.78, 5) is 12.4. The lowest BCUT2D eigenvalue weighted by Crippen LogP contribution is -2.35. The van der Waals surface area contributed by atoms with E-state index in [1.165, 1.54) is 0 Å². The molecule has 0 spiro atoms. The molecule has 6 nitrogen and oxygen atoms in total. The molecular formula is C18H17NO5. The Morgan fingerprint density at radius 1 is 1.12 bits per heavy atom. The van der Waals surface area contributed by atoms with Crippen molar-refractivity contribution in [3.05, 3.63) is 42.0 Å². The first-order valence-electron chi connectivity index (χ1n) is 7.77. The van der Waals surface area contributed by atoms with Crippen LogP contribution in [0.5, 0.6) is 23.0 Å². The zero-order chi connectivity index (χ0) is 16.5. The number of carbonyl (C=O) groups is 1. The van der Waals surface area contributed by atoms with Gasteiger partial charge in [0.2, 0.25) is 6.79 Å². The third kappa shape index (κ3) is 2.71. The van der Waals surface area contributed by atoms with Gasteiger partial charge in [-0.25, -0.2) is 0 Å². The summed E-state index contributed by atoms with van der Waals surface area (Å²) in [5, 5.41) is 2.87. The van der Waals surface area contributed by atoms with E-state index in [4.69, 9.17) is 18.9 Å². The summed E-state index contributed by atoms with van der Waals surface area (Å²) >= 11 is 0. The Labute approximate surface area is 139 Å². The van der Waals surface area contributed by atoms with Gasteiger partial charge in [-0.15, -0.1) is 0 Å². The lowest BCUT2D eigenvalue weighted by atomic mass is 10.0. The Balaban J connectivity index is 1.46. The number of hydrogen-bond acceptors (Lipinski definition) is 5. The normalized spacial score (nSPS) is 17.6. The van der Waals surface area contributed by atoms with E-state index in [2.05, 4.69) is 5.32 Å². The first kappa shape index (κ1) is 14.7. The van der Waals surface area contributed by atoms with E-state index >= 15 is 0 Å². The Morgan fingerprint density at radius 2 is 1.88 bits per heavy atom. The summed E-state index contributed by atoms with van der Waals surface area (Å²) < 4.78 is 21.7. The molecule has 0 fully saturated rings. The predicted octanol–water partition coefficient (Wildman–Crippen LogP) is 2.76. The molecule has 0 aliphatic carbocycles. The third-order valence-corrected chi connectivity index (χ3v) is 4.15. The first-order chi connectivity index (χ1) is 11.7. The van der Waals surface area contributed by atoms with Crippen LogP contribution >= 0.6 is 0 Å². The molecule has 124 valence electrons. The van der Waals surface area contributed by atoms with Crippen LogP contribution in [0.25, 0.3) is 0 Å². The highest BCUT2D eigenvalue weighted by Gasteiger charge is 2.28. The van der Waals surface area contributed by atoms with Crippen LogP contribution in [0, 0.1) is 0 Å². The van der Waals surface area contributed by atoms with Gasteiger partial charge in [0.25, 0.3) is 5.91 Å². The maximum Gasteiger partial charge on any atom is 0.265 e. The molecule has 0 bridgehead atoms. The van der Waals surface area contributed by atoms with E-state index in [1.807, 2.05) is 6.07 Å². The summed E-state index contributed by atoms with van der Waals surface area (Å²) in [7, 11) is 1.60. The zero-order valence-electron chi connectivity index (χ0n) is 13.2.